The largest absolute Gasteiger partial charge is 0.426 e. The number of hydrazine groups is 1. The van der Waals surface area contributed by atoms with Crippen molar-refractivity contribution < 1.29 is 13.2 Å². The van der Waals surface area contributed by atoms with Gasteiger partial charge in [0.15, 0.2) is 0 Å². The molecule has 1 aliphatic heterocycles. The molecule has 1 heterocycles. The van der Waals surface area contributed by atoms with Crippen molar-refractivity contribution >= 4 is 11.6 Å². The van der Waals surface area contributed by atoms with Crippen LogP contribution in [0.25, 0.3) is 0 Å². The van der Waals surface area contributed by atoms with Crippen molar-refractivity contribution in [1.29, 1.82) is 0 Å². The van der Waals surface area contributed by atoms with Gasteiger partial charge in [0.1, 0.15) is 0 Å². The van der Waals surface area contributed by atoms with Crippen molar-refractivity contribution in [2.45, 2.75) is 11.8 Å². The van der Waals surface area contributed by atoms with Gasteiger partial charge in [-0.1, -0.05) is 29.8 Å². The van der Waals surface area contributed by atoms with Gasteiger partial charge in [0.2, 0.25) is 5.66 Å². The van der Waals surface area contributed by atoms with Crippen molar-refractivity contribution in [3.05, 3.63) is 34.9 Å². The van der Waals surface area contributed by atoms with Gasteiger partial charge in [0, 0.05) is 10.6 Å². The molecule has 0 aliphatic carbocycles. The summed E-state index contributed by atoms with van der Waals surface area (Å²) in [6, 6.07) is 5.85. The highest BCUT2D eigenvalue weighted by atomic mass is 35.5. The molecule has 0 saturated carbocycles. The summed E-state index contributed by atoms with van der Waals surface area (Å²) in [7, 11) is 0. The zero-order chi connectivity index (χ0) is 10.4. The molecular formula is C8H6ClF3N2. The molecule has 0 amide bonds. The smallest absolute Gasteiger partial charge is 0.223 e. The van der Waals surface area contributed by atoms with E-state index in [2.05, 4.69) is 10.9 Å². The maximum absolute atomic E-state index is 12.6. The molecule has 76 valence electrons. The Hall–Kier alpha value is -0.780. The van der Waals surface area contributed by atoms with Crippen LogP contribution in [-0.2, 0) is 5.66 Å². The third kappa shape index (κ3) is 1.28. The van der Waals surface area contributed by atoms with Gasteiger partial charge in [-0.2, -0.15) is 13.2 Å². The summed E-state index contributed by atoms with van der Waals surface area (Å²) in [5.74, 6) is 0. The van der Waals surface area contributed by atoms with Gasteiger partial charge in [0.25, 0.3) is 0 Å². The van der Waals surface area contributed by atoms with E-state index in [0.29, 0.717) is 0 Å². The van der Waals surface area contributed by atoms with Gasteiger partial charge in [-0.25, -0.2) is 10.9 Å². The van der Waals surface area contributed by atoms with Crippen LogP contribution in [0.1, 0.15) is 5.56 Å². The lowest BCUT2D eigenvalue weighted by Crippen LogP contribution is -2.35. The van der Waals surface area contributed by atoms with Crippen LogP contribution in [-0.4, -0.2) is 6.18 Å². The zero-order valence-electron chi connectivity index (χ0n) is 6.82. The average molecular weight is 223 g/mol. The Morgan fingerprint density at radius 3 is 2.14 bits per heavy atom. The molecule has 0 bridgehead atoms. The quantitative estimate of drug-likeness (QED) is 0.716. The van der Waals surface area contributed by atoms with Crippen LogP contribution in [0.5, 0.6) is 0 Å². The van der Waals surface area contributed by atoms with Crippen molar-refractivity contribution in [2.75, 3.05) is 0 Å². The Bertz CT molecular complexity index is 360. The molecule has 1 aromatic carbocycles. The molecule has 0 unspecified atom stereocenters. The lowest BCUT2D eigenvalue weighted by molar-refractivity contribution is -0.165. The molecule has 0 spiro atoms. The summed E-state index contributed by atoms with van der Waals surface area (Å²) in [6.45, 7) is 0. The third-order valence-corrected chi connectivity index (χ3v) is 2.41. The topological polar surface area (TPSA) is 43.9 Å². The second kappa shape index (κ2) is 2.85. The normalized spacial score (nSPS) is 19.4. The van der Waals surface area contributed by atoms with Crippen LogP contribution in [0.15, 0.2) is 24.3 Å². The van der Waals surface area contributed by atoms with Crippen LogP contribution in [0.4, 0.5) is 13.2 Å². The van der Waals surface area contributed by atoms with Crippen molar-refractivity contribution in [2.24, 2.45) is 0 Å². The fourth-order valence-corrected chi connectivity index (χ4v) is 1.53. The van der Waals surface area contributed by atoms with E-state index in [0.717, 1.165) is 0 Å². The highest BCUT2D eigenvalue weighted by molar-refractivity contribution is 6.31. The van der Waals surface area contributed by atoms with Gasteiger partial charge in [-0.3, -0.25) is 0 Å². The Labute approximate surface area is 83.0 Å². The molecule has 1 saturated heterocycles. The van der Waals surface area contributed by atoms with E-state index in [-0.39, 0.29) is 10.6 Å². The number of hydrogen-bond acceptors (Lipinski definition) is 2. The summed E-state index contributed by atoms with van der Waals surface area (Å²) >= 11 is 5.67. The molecule has 0 radical (unpaired) electrons. The first kappa shape index (κ1) is 9.76. The van der Waals surface area contributed by atoms with E-state index >= 15 is 0 Å². The third-order valence-electron chi connectivity index (χ3n) is 2.08. The summed E-state index contributed by atoms with van der Waals surface area (Å²) in [5, 5.41) is 0.0855. The minimum Gasteiger partial charge on any atom is -0.223 e. The Balaban J connectivity index is 2.46. The van der Waals surface area contributed by atoms with Gasteiger partial charge in [-0.05, 0) is 6.07 Å². The van der Waals surface area contributed by atoms with Crippen LogP contribution in [0.2, 0.25) is 5.02 Å². The van der Waals surface area contributed by atoms with Gasteiger partial charge in [0.05, 0.1) is 0 Å². The molecular weight excluding hydrogens is 217 g/mol. The lowest BCUT2D eigenvalue weighted by Gasteiger charge is -2.17. The minimum absolute atomic E-state index is 0.00540. The van der Waals surface area contributed by atoms with E-state index in [1.807, 2.05) is 0 Å². The van der Waals surface area contributed by atoms with Crippen LogP contribution < -0.4 is 10.9 Å². The number of alkyl halides is 3. The van der Waals surface area contributed by atoms with E-state index < -0.39 is 11.8 Å². The van der Waals surface area contributed by atoms with Crippen LogP contribution in [0.3, 0.4) is 0 Å². The minimum atomic E-state index is -4.40. The second-order valence-electron chi connectivity index (χ2n) is 2.98. The second-order valence-corrected chi connectivity index (χ2v) is 3.38. The zero-order valence-corrected chi connectivity index (χ0v) is 7.58. The number of rotatable bonds is 1. The summed E-state index contributed by atoms with van der Waals surface area (Å²) < 4.78 is 37.7. The Morgan fingerprint density at radius 2 is 1.71 bits per heavy atom. The van der Waals surface area contributed by atoms with Crippen molar-refractivity contribution in [3.8, 4) is 0 Å². The first-order valence-corrected chi connectivity index (χ1v) is 4.21. The predicted molar refractivity (Wildman–Crippen MR) is 45.5 cm³/mol. The van der Waals surface area contributed by atoms with Gasteiger partial charge < -0.3 is 0 Å². The lowest BCUT2D eigenvalue weighted by atomic mass is 10.0. The monoisotopic (exact) mass is 222 g/mol. The number of benzene rings is 1. The number of nitrogens with one attached hydrogen (secondary N) is 2. The predicted octanol–water partition coefficient (Wildman–Crippen LogP) is 2.16. The maximum Gasteiger partial charge on any atom is 0.426 e. The highest BCUT2D eigenvalue weighted by Gasteiger charge is 2.65. The first-order chi connectivity index (χ1) is 6.47. The molecule has 14 heavy (non-hydrogen) atoms. The maximum atomic E-state index is 12.6. The van der Waals surface area contributed by atoms with Crippen LogP contribution >= 0.6 is 11.6 Å². The highest BCUT2D eigenvalue weighted by Crippen LogP contribution is 2.44. The molecule has 1 aromatic rings. The van der Waals surface area contributed by atoms with E-state index in [4.69, 9.17) is 11.6 Å². The standard InChI is InChI=1S/C8H6ClF3N2/c9-6-4-2-1-3-5(6)7(13-14-7)8(10,11)12/h1-4,13-14H. The molecule has 1 aliphatic rings. The fourth-order valence-electron chi connectivity index (χ4n) is 1.26. The molecule has 1 fully saturated rings. The molecule has 0 aromatic heterocycles. The summed E-state index contributed by atoms with van der Waals surface area (Å²) in [5.41, 5.74) is 2.00. The molecule has 2 rings (SSSR count). The first-order valence-electron chi connectivity index (χ1n) is 3.83. The summed E-state index contributed by atoms with van der Waals surface area (Å²) in [6.07, 6.45) is -4.40. The fraction of sp³-hybridized carbons (Fsp3) is 0.250. The number of halogens is 4. The number of hydrogen-bond donors (Lipinski definition) is 2. The van der Waals surface area contributed by atoms with Gasteiger partial charge >= 0.3 is 6.18 Å². The average Bonchev–Trinajstić information content (AvgIpc) is 2.84. The molecule has 6 heteroatoms. The molecule has 0 atom stereocenters. The Morgan fingerprint density at radius 1 is 1.14 bits per heavy atom. The molecule has 2 nitrogen and oxygen atoms in total. The van der Waals surface area contributed by atoms with E-state index in [1.165, 1.54) is 18.2 Å². The van der Waals surface area contributed by atoms with Gasteiger partial charge in [-0.15, -0.1) is 0 Å². The summed E-state index contributed by atoms with van der Waals surface area (Å²) in [4.78, 5) is 0. The van der Waals surface area contributed by atoms with E-state index in [9.17, 15) is 13.2 Å². The van der Waals surface area contributed by atoms with Crippen molar-refractivity contribution in [3.63, 3.8) is 0 Å². The SMILES string of the molecule is FC(F)(F)C1(c2ccccc2Cl)NN1. The van der Waals surface area contributed by atoms with E-state index in [1.54, 1.807) is 6.07 Å². The molecule has 2 N–H and O–H groups in total. The van der Waals surface area contributed by atoms with Crippen molar-refractivity contribution in [1.82, 2.24) is 10.9 Å². The van der Waals surface area contributed by atoms with Crippen LogP contribution in [0, 0.1) is 0 Å². The Kier molecular flexibility index (Phi) is 1.99.